The summed E-state index contributed by atoms with van der Waals surface area (Å²) < 4.78 is 7.48. The van der Waals surface area contributed by atoms with Gasteiger partial charge in [0.1, 0.15) is 4.88 Å². The van der Waals surface area contributed by atoms with Crippen LogP contribution in [0.5, 0.6) is 0 Å². The number of carbonyl (C=O) groups excluding carboxylic acids is 2. The van der Waals surface area contributed by atoms with E-state index in [0.29, 0.717) is 33.6 Å². The molecule has 1 amide bonds. The van der Waals surface area contributed by atoms with Crippen molar-refractivity contribution in [3.63, 3.8) is 0 Å². The maximum Gasteiger partial charge on any atom is 0.348 e. The molecule has 4 aromatic rings. The first-order valence-electron chi connectivity index (χ1n) is 9.09. The fraction of sp³-hybridized carbons (Fsp3) is 0.136. The molecule has 0 radical (unpaired) electrons. The van der Waals surface area contributed by atoms with E-state index < -0.39 is 0 Å². The molecular weight excluding hydrogens is 388 g/mol. The molecule has 2 heterocycles. The van der Waals surface area contributed by atoms with Crippen LogP contribution in [0.4, 0.5) is 5.69 Å². The van der Waals surface area contributed by atoms with Gasteiger partial charge in [0.15, 0.2) is 0 Å². The van der Waals surface area contributed by atoms with Gasteiger partial charge in [0, 0.05) is 28.9 Å². The first-order valence-corrected chi connectivity index (χ1v) is 9.90. The van der Waals surface area contributed by atoms with E-state index in [1.165, 1.54) is 22.0 Å². The molecule has 29 heavy (non-hydrogen) atoms. The van der Waals surface area contributed by atoms with Crippen molar-refractivity contribution in [3.8, 4) is 0 Å². The topological polar surface area (TPSA) is 77.4 Å². The molecule has 146 valence electrons. The number of ether oxygens (including phenoxy) is 1. The number of pyridine rings is 1. The van der Waals surface area contributed by atoms with Crippen LogP contribution < -0.4 is 10.9 Å². The normalized spacial score (nSPS) is 11.0. The molecule has 0 spiro atoms. The van der Waals surface area contributed by atoms with Crippen molar-refractivity contribution in [1.82, 2.24) is 4.57 Å². The van der Waals surface area contributed by atoms with Gasteiger partial charge in [-0.1, -0.05) is 18.2 Å². The number of amides is 1. The van der Waals surface area contributed by atoms with Crippen LogP contribution in [0.3, 0.4) is 0 Å². The van der Waals surface area contributed by atoms with Crippen molar-refractivity contribution >= 4 is 49.9 Å². The Morgan fingerprint density at radius 1 is 1.10 bits per heavy atom. The molecule has 0 saturated carbocycles. The number of hydrogen-bond acceptors (Lipinski definition) is 5. The summed E-state index contributed by atoms with van der Waals surface area (Å²) in [6.45, 7) is 2.08. The number of aromatic nitrogens is 1. The minimum atomic E-state index is -0.362. The van der Waals surface area contributed by atoms with E-state index >= 15 is 0 Å². The van der Waals surface area contributed by atoms with Gasteiger partial charge in [0.2, 0.25) is 0 Å². The molecule has 0 aliphatic carbocycles. The SMILES string of the molecule is CCOC(=O)c1cc2cc(NC(=O)c3cc(=O)n(C)c4ccccc34)ccc2s1. The van der Waals surface area contributed by atoms with Gasteiger partial charge in [-0.15, -0.1) is 11.3 Å². The molecule has 4 rings (SSSR count). The third kappa shape index (κ3) is 3.52. The smallest absolute Gasteiger partial charge is 0.348 e. The van der Waals surface area contributed by atoms with E-state index in [4.69, 9.17) is 4.74 Å². The van der Waals surface area contributed by atoms with Crippen molar-refractivity contribution in [2.24, 2.45) is 7.05 Å². The molecule has 0 unspecified atom stereocenters. The van der Waals surface area contributed by atoms with Crippen LogP contribution in [-0.4, -0.2) is 23.1 Å². The molecule has 7 heteroatoms. The van der Waals surface area contributed by atoms with Gasteiger partial charge in [-0.25, -0.2) is 4.79 Å². The van der Waals surface area contributed by atoms with E-state index in [2.05, 4.69) is 5.32 Å². The number of nitrogens with zero attached hydrogens (tertiary/aromatic N) is 1. The zero-order valence-corrected chi connectivity index (χ0v) is 16.7. The number of para-hydroxylation sites is 1. The van der Waals surface area contributed by atoms with Crippen LogP contribution in [0.2, 0.25) is 0 Å². The lowest BCUT2D eigenvalue weighted by Gasteiger charge is -2.10. The molecule has 0 atom stereocenters. The quantitative estimate of drug-likeness (QED) is 0.516. The van der Waals surface area contributed by atoms with Crippen LogP contribution in [0.15, 0.2) is 59.4 Å². The molecule has 0 fully saturated rings. The fourth-order valence-corrected chi connectivity index (χ4v) is 4.16. The highest BCUT2D eigenvalue weighted by Crippen LogP contribution is 2.29. The number of carbonyl (C=O) groups is 2. The monoisotopic (exact) mass is 406 g/mol. The lowest BCUT2D eigenvalue weighted by molar-refractivity contribution is 0.0532. The molecule has 0 aliphatic heterocycles. The van der Waals surface area contributed by atoms with Crippen LogP contribution in [-0.2, 0) is 11.8 Å². The summed E-state index contributed by atoms with van der Waals surface area (Å²) in [6.07, 6.45) is 0. The highest BCUT2D eigenvalue weighted by molar-refractivity contribution is 7.20. The van der Waals surface area contributed by atoms with Gasteiger partial charge in [0.05, 0.1) is 17.7 Å². The number of rotatable bonds is 4. The zero-order valence-electron chi connectivity index (χ0n) is 15.9. The van der Waals surface area contributed by atoms with Gasteiger partial charge in [0.25, 0.3) is 11.5 Å². The largest absolute Gasteiger partial charge is 0.462 e. The summed E-state index contributed by atoms with van der Waals surface area (Å²) in [5, 5.41) is 4.39. The minimum Gasteiger partial charge on any atom is -0.462 e. The predicted molar refractivity (Wildman–Crippen MR) is 115 cm³/mol. The number of esters is 1. The number of anilines is 1. The fourth-order valence-electron chi connectivity index (χ4n) is 3.22. The summed E-state index contributed by atoms with van der Waals surface area (Å²) in [4.78, 5) is 37.6. The molecule has 0 aliphatic rings. The number of hydrogen-bond donors (Lipinski definition) is 1. The Morgan fingerprint density at radius 2 is 1.90 bits per heavy atom. The van der Waals surface area contributed by atoms with Gasteiger partial charge in [-0.3, -0.25) is 9.59 Å². The third-order valence-corrected chi connectivity index (χ3v) is 5.75. The van der Waals surface area contributed by atoms with Crippen LogP contribution in [0.25, 0.3) is 21.0 Å². The highest BCUT2D eigenvalue weighted by atomic mass is 32.1. The van der Waals surface area contributed by atoms with Gasteiger partial charge >= 0.3 is 5.97 Å². The van der Waals surface area contributed by atoms with Crippen LogP contribution >= 0.6 is 11.3 Å². The summed E-state index contributed by atoms with van der Waals surface area (Å²) >= 11 is 1.34. The van der Waals surface area contributed by atoms with E-state index in [-0.39, 0.29) is 17.4 Å². The Morgan fingerprint density at radius 3 is 2.69 bits per heavy atom. The van der Waals surface area contributed by atoms with E-state index in [1.54, 1.807) is 32.2 Å². The predicted octanol–water partition coefficient (Wildman–Crippen LogP) is 4.18. The van der Waals surface area contributed by atoms with Crippen molar-refractivity contribution in [2.45, 2.75) is 6.92 Å². The molecule has 1 N–H and O–H groups in total. The standard InChI is InChI=1S/C22H18N2O4S/c1-3-28-22(27)19-11-13-10-14(8-9-18(13)29-19)23-21(26)16-12-20(25)24(2)17-7-5-4-6-15(16)17/h4-12H,3H2,1-2H3,(H,23,26). The molecule has 2 aromatic carbocycles. The molecule has 2 aromatic heterocycles. The summed E-state index contributed by atoms with van der Waals surface area (Å²) in [5.41, 5.74) is 1.35. The molecular formula is C22H18N2O4S. The second-order valence-corrected chi connectivity index (χ2v) is 7.59. The van der Waals surface area contributed by atoms with Crippen molar-refractivity contribution in [1.29, 1.82) is 0 Å². The van der Waals surface area contributed by atoms with E-state index in [1.807, 2.05) is 30.3 Å². The maximum atomic E-state index is 12.9. The Bertz CT molecular complexity index is 1320. The first-order chi connectivity index (χ1) is 14.0. The van der Waals surface area contributed by atoms with Gasteiger partial charge < -0.3 is 14.6 Å². The number of benzene rings is 2. The first kappa shape index (κ1) is 18.9. The highest BCUT2D eigenvalue weighted by Gasteiger charge is 2.15. The lowest BCUT2D eigenvalue weighted by atomic mass is 10.1. The van der Waals surface area contributed by atoms with Crippen molar-refractivity contribution in [3.05, 3.63) is 75.4 Å². The Labute approximate surface area is 170 Å². The average molecular weight is 406 g/mol. The summed E-state index contributed by atoms with van der Waals surface area (Å²) in [7, 11) is 1.68. The average Bonchev–Trinajstić information content (AvgIpc) is 3.14. The third-order valence-electron chi connectivity index (χ3n) is 4.65. The number of fused-ring (bicyclic) bond motifs is 2. The maximum absolute atomic E-state index is 12.9. The molecule has 0 bridgehead atoms. The summed E-state index contributed by atoms with van der Waals surface area (Å²) in [6, 6.07) is 15.8. The van der Waals surface area contributed by atoms with Gasteiger partial charge in [-0.2, -0.15) is 0 Å². The number of nitrogens with one attached hydrogen (secondary N) is 1. The van der Waals surface area contributed by atoms with Crippen molar-refractivity contribution < 1.29 is 14.3 Å². The Kier molecular flexibility index (Phi) is 4.90. The molecule has 0 saturated heterocycles. The van der Waals surface area contributed by atoms with E-state index in [0.717, 1.165) is 10.1 Å². The second-order valence-electron chi connectivity index (χ2n) is 6.51. The van der Waals surface area contributed by atoms with Crippen LogP contribution in [0.1, 0.15) is 27.0 Å². The zero-order chi connectivity index (χ0) is 20.5. The lowest BCUT2D eigenvalue weighted by Crippen LogP contribution is -2.21. The van der Waals surface area contributed by atoms with E-state index in [9.17, 15) is 14.4 Å². The van der Waals surface area contributed by atoms with Gasteiger partial charge in [-0.05, 0) is 42.6 Å². The Hall–Kier alpha value is -3.45. The second kappa shape index (κ2) is 7.52. The number of aryl methyl sites for hydroxylation is 1. The minimum absolute atomic E-state index is 0.249. The molecule has 6 nitrogen and oxygen atoms in total. The number of thiophene rings is 1. The Balaban J connectivity index is 1.68. The van der Waals surface area contributed by atoms with Crippen LogP contribution in [0, 0.1) is 0 Å². The summed E-state index contributed by atoms with van der Waals surface area (Å²) in [5.74, 6) is -0.718. The van der Waals surface area contributed by atoms with Crippen molar-refractivity contribution in [2.75, 3.05) is 11.9 Å².